The molecular weight excluding hydrogens is 416 g/mol. The molecule has 0 nitrogen and oxygen atoms in total. The minimum absolute atomic E-state index is 0.318. The number of hydrogen-bond acceptors (Lipinski definition) is 0. The second-order valence-electron chi connectivity index (χ2n) is 8.10. The van der Waals surface area contributed by atoms with Crippen LogP contribution < -0.4 is 0 Å². The Morgan fingerprint density at radius 2 is 1.31 bits per heavy atom. The quantitative estimate of drug-likeness (QED) is 0.268. The molecule has 1 aliphatic carbocycles. The zero-order valence-electron chi connectivity index (χ0n) is 16.7. The third kappa shape index (κ3) is 2.64. The van der Waals surface area contributed by atoms with Gasteiger partial charge in [-0.05, 0) is 45.4 Å². The first-order valence-electron chi connectivity index (χ1n) is 10.2. The number of rotatable bonds is 3. The lowest BCUT2D eigenvalue weighted by molar-refractivity contribution is 0.760. The SMILES string of the molecule is CC(C)c1cccc(C2(c3ccccc3)c3ccccc3-c3c(Br)cccc32)c1. The predicted molar refractivity (Wildman–Crippen MR) is 126 cm³/mol. The molecule has 1 heteroatoms. The Balaban J connectivity index is 1.96. The zero-order valence-corrected chi connectivity index (χ0v) is 18.3. The molecule has 0 spiro atoms. The van der Waals surface area contributed by atoms with Gasteiger partial charge >= 0.3 is 0 Å². The van der Waals surface area contributed by atoms with E-state index in [0.717, 1.165) is 4.47 Å². The van der Waals surface area contributed by atoms with Crippen LogP contribution in [0.5, 0.6) is 0 Å². The third-order valence-corrected chi connectivity index (χ3v) is 6.87. The highest BCUT2D eigenvalue weighted by Crippen LogP contribution is 2.57. The Bertz CT molecular complexity index is 1190. The highest BCUT2D eigenvalue weighted by Gasteiger charge is 2.46. The topological polar surface area (TPSA) is 0 Å². The van der Waals surface area contributed by atoms with E-state index >= 15 is 0 Å². The largest absolute Gasteiger partial charge is 0.0714 e. The van der Waals surface area contributed by atoms with Gasteiger partial charge in [0.1, 0.15) is 0 Å². The van der Waals surface area contributed by atoms with Crippen LogP contribution in [0.25, 0.3) is 11.1 Å². The Kier molecular flexibility index (Phi) is 4.44. The zero-order chi connectivity index (χ0) is 20.0. The molecule has 1 unspecified atom stereocenters. The van der Waals surface area contributed by atoms with Gasteiger partial charge in [-0.2, -0.15) is 0 Å². The summed E-state index contributed by atoms with van der Waals surface area (Å²) >= 11 is 3.85. The van der Waals surface area contributed by atoms with Crippen molar-refractivity contribution in [3.05, 3.63) is 129 Å². The van der Waals surface area contributed by atoms with Crippen LogP contribution in [-0.4, -0.2) is 0 Å². The molecule has 0 aliphatic heterocycles. The fourth-order valence-corrected chi connectivity index (χ4v) is 5.47. The molecular formula is C28H23Br. The molecule has 4 aromatic carbocycles. The summed E-state index contributed by atoms with van der Waals surface area (Å²) in [7, 11) is 0. The molecule has 4 aromatic rings. The molecule has 5 rings (SSSR count). The minimum atomic E-state index is -0.318. The molecule has 29 heavy (non-hydrogen) atoms. The van der Waals surface area contributed by atoms with Crippen molar-refractivity contribution in [3.8, 4) is 11.1 Å². The lowest BCUT2D eigenvalue weighted by Gasteiger charge is -2.34. The Morgan fingerprint density at radius 3 is 2.10 bits per heavy atom. The van der Waals surface area contributed by atoms with Gasteiger partial charge in [-0.3, -0.25) is 0 Å². The first-order valence-corrected chi connectivity index (χ1v) is 11.0. The maximum atomic E-state index is 3.85. The molecule has 0 radical (unpaired) electrons. The molecule has 1 atom stereocenters. The lowest BCUT2D eigenvalue weighted by Crippen LogP contribution is -2.28. The van der Waals surface area contributed by atoms with Gasteiger partial charge in [0.2, 0.25) is 0 Å². The Hall–Kier alpha value is -2.64. The first kappa shape index (κ1) is 18.4. The van der Waals surface area contributed by atoms with Crippen molar-refractivity contribution < 1.29 is 0 Å². The summed E-state index contributed by atoms with van der Waals surface area (Å²) in [6.07, 6.45) is 0. The molecule has 1 aliphatic rings. The number of benzene rings is 4. The summed E-state index contributed by atoms with van der Waals surface area (Å²) in [6, 6.07) is 35.6. The molecule has 0 heterocycles. The number of fused-ring (bicyclic) bond motifs is 3. The molecule has 0 amide bonds. The van der Waals surface area contributed by atoms with E-state index < -0.39 is 0 Å². The molecule has 0 saturated heterocycles. The summed E-state index contributed by atoms with van der Waals surface area (Å²) in [5.74, 6) is 0.487. The van der Waals surface area contributed by atoms with Gasteiger partial charge in [-0.15, -0.1) is 0 Å². The van der Waals surface area contributed by atoms with Crippen molar-refractivity contribution >= 4 is 15.9 Å². The van der Waals surface area contributed by atoms with E-state index in [0.29, 0.717) is 5.92 Å². The van der Waals surface area contributed by atoms with Gasteiger partial charge in [0.05, 0.1) is 5.41 Å². The molecule has 142 valence electrons. The van der Waals surface area contributed by atoms with E-state index in [4.69, 9.17) is 0 Å². The lowest BCUT2D eigenvalue weighted by atomic mass is 9.67. The fourth-order valence-electron chi connectivity index (χ4n) is 4.89. The maximum Gasteiger partial charge on any atom is 0.0714 e. The Labute approximate surface area is 181 Å². The van der Waals surface area contributed by atoms with E-state index in [1.54, 1.807) is 0 Å². The van der Waals surface area contributed by atoms with Gasteiger partial charge in [-0.1, -0.05) is 121 Å². The second-order valence-corrected chi connectivity index (χ2v) is 8.96. The smallest absolute Gasteiger partial charge is 0.0622 e. The summed E-state index contributed by atoms with van der Waals surface area (Å²) in [5, 5.41) is 0. The van der Waals surface area contributed by atoms with E-state index in [9.17, 15) is 0 Å². The second kappa shape index (κ2) is 7.00. The monoisotopic (exact) mass is 438 g/mol. The Morgan fingerprint density at radius 1 is 0.655 bits per heavy atom. The van der Waals surface area contributed by atoms with E-state index in [-0.39, 0.29) is 5.41 Å². The van der Waals surface area contributed by atoms with Crippen LogP contribution in [0.2, 0.25) is 0 Å². The van der Waals surface area contributed by atoms with Crippen LogP contribution >= 0.6 is 15.9 Å². The van der Waals surface area contributed by atoms with Crippen molar-refractivity contribution in [2.45, 2.75) is 25.2 Å². The minimum Gasteiger partial charge on any atom is -0.0622 e. The fraction of sp³-hybridized carbons (Fsp3) is 0.143. The average molecular weight is 439 g/mol. The summed E-state index contributed by atoms with van der Waals surface area (Å²) in [6.45, 7) is 4.53. The van der Waals surface area contributed by atoms with Gasteiger partial charge in [-0.25, -0.2) is 0 Å². The van der Waals surface area contributed by atoms with Gasteiger partial charge in [0.25, 0.3) is 0 Å². The highest BCUT2D eigenvalue weighted by atomic mass is 79.9. The molecule has 0 bridgehead atoms. The average Bonchev–Trinajstić information content (AvgIpc) is 3.07. The normalized spacial score (nSPS) is 17.2. The summed E-state index contributed by atoms with van der Waals surface area (Å²) in [4.78, 5) is 0. The van der Waals surface area contributed by atoms with Crippen LogP contribution in [0, 0.1) is 0 Å². The van der Waals surface area contributed by atoms with Crippen molar-refractivity contribution in [3.63, 3.8) is 0 Å². The van der Waals surface area contributed by atoms with Crippen molar-refractivity contribution in [1.29, 1.82) is 0 Å². The van der Waals surface area contributed by atoms with Crippen LogP contribution in [0.4, 0.5) is 0 Å². The third-order valence-electron chi connectivity index (χ3n) is 6.21. The molecule has 0 saturated carbocycles. The number of halogens is 1. The van der Waals surface area contributed by atoms with E-state index in [2.05, 4.69) is 127 Å². The van der Waals surface area contributed by atoms with Gasteiger partial charge in [0, 0.05) is 10.0 Å². The van der Waals surface area contributed by atoms with Crippen molar-refractivity contribution in [2.75, 3.05) is 0 Å². The van der Waals surface area contributed by atoms with Gasteiger partial charge < -0.3 is 0 Å². The van der Waals surface area contributed by atoms with Crippen molar-refractivity contribution in [2.24, 2.45) is 0 Å². The summed E-state index contributed by atoms with van der Waals surface area (Å²) < 4.78 is 1.15. The number of hydrogen-bond donors (Lipinski definition) is 0. The van der Waals surface area contributed by atoms with Crippen molar-refractivity contribution in [1.82, 2.24) is 0 Å². The van der Waals surface area contributed by atoms with E-state index in [1.807, 2.05) is 0 Å². The molecule has 0 aromatic heterocycles. The van der Waals surface area contributed by atoms with E-state index in [1.165, 1.54) is 38.9 Å². The highest BCUT2D eigenvalue weighted by molar-refractivity contribution is 9.10. The summed E-state index contributed by atoms with van der Waals surface area (Å²) in [5.41, 5.74) is 9.02. The van der Waals surface area contributed by atoms with Crippen LogP contribution in [0.15, 0.2) is 102 Å². The van der Waals surface area contributed by atoms with Crippen LogP contribution in [0.1, 0.15) is 47.6 Å². The standard InChI is InChI=1S/C28H23Br/c1-19(2)20-10-8-13-22(18-20)28(21-11-4-3-5-12-21)24-15-7-6-14-23(24)27-25(28)16-9-17-26(27)29/h3-19H,1-2H3. The maximum absolute atomic E-state index is 3.85. The van der Waals surface area contributed by atoms with Gasteiger partial charge in [0.15, 0.2) is 0 Å². The molecule has 0 N–H and O–H groups in total. The first-order chi connectivity index (χ1) is 14.1. The van der Waals surface area contributed by atoms with Crippen LogP contribution in [0.3, 0.4) is 0 Å². The van der Waals surface area contributed by atoms with Crippen LogP contribution in [-0.2, 0) is 5.41 Å². The molecule has 0 fully saturated rings. The predicted octanol–water partition coefficient (Wildman–Crippen LogP) is 7.94.